The van der Waals surface area contributed by atoms with E-state index in [4.69, 9.17) is 9.47 Å². The molecule has 18 heavy (non-hydrogen) atoms. The van der Waals surface area contributed by atoms with Gasteiger partial charge >= 0.3 is 0 Å². The van der Waals surface area contributed by atoms with Crippen molar-refractivity contribution in [1.29, 1.82) is 0 Å². The molecule has 0 amide bonds. The van der Waals surface area contributed by atoms with Crippen LogP contribution in [0.1, 0.15) is 12.0 Å². The Morgan fingerprint density at radius 1 is 1.11 bits per heavy atom. The van der Waals surface area contributed by atoms with Crippen LogP contribution in [0.3, 0.4) is 0 Å². The van der Waals surface area contributed by atoms with E-state index in [1.165, 1.54) is 5.56 Å². The zero-order valence-electron chi connectivity index (χ0n) is 10.7. The standard InChI is InChI=1S/C14H20Br2O2/c1-17-8-9-18-7-6-13(11-15)10-12-2-4-14(16)5-3-12/h2-5,13H,6-11H2,1H3. The van der Waals surface area contributed by atoms with E-state index in [0.29, 0.717) is 19.1 Å². The highest BCUT2D eigenvalue weighted by molar-refractivity contribution is 9.10. The lowest BCUT2D eigenvalue weighted by atomic mass is 9.98. The quantitative estimate of drug-likeness (QED) is 0.475. The predicted molar refractivity (Wildman–Crippen MR) is 82.4 cm³/mol. The Morgan fingerprint density at radius 3 is 2.44 bits per heavy atom. The Morgan fingerprint density at radius 2 is 1.83 bits per heavy atom. The molecule has 0 N–H and O–H groups in total. The van der Waals surface area contributed by atoms with Gasteiger partial charge in [-0.25, -0.2) is 0 Å². The number of rotatable bonds is 9. The van der Waals surface area contributed by atoms with Gasteiger partial charge in [-0.2, -0.15) is 0 Å². The maximum atomic E-state index is 5.51. The van der Waals surface area contributed by atoms with Crippen molar-refractivity contribution in [3.8, 4) is 0 Å². The van der Waals surface area contributed by atoms with Crippen LogP contribution in [0.2, 0.25) is 0 Å². The van der Waals surface area contributed by atoms with E-state index in [-0.39, 0.29) is 0 Å². The van der Waals surface area contributed by atoms with Gasteiger partial charge in [0.25, 0.3) is 0 Å². The fraction of sp³-hybridized carbons (Fsp3) is 0.571. The minimum atomic E-state index is 0.619. The molecule has 102 valence electrons. The third-order valence-electron chi connectivity index (χ3n) is 2.76. The van der Waals surface area contributed by atoms with Crippen LogP contribution in [-0.2, 0) is 15.9 Å². The van der Waals surface area contributed by atoms with Gasteiger partial charge in [-0.05, 0) is 36.5 Å². The van der Waals surface area contributed by atoms with E-state index in [2.05, 4.69) is 56.1 Å². The predicted octanol–water partition coefficient (Wildman–Crippen LogP) is 4.06. The first-order valence-electron chi connectivity index (χ1n) is 6.13. The SMILES string of the molecule is COCCOCCC(CBr)Cc1ccc(Br)cc1. The Kier molecular flexibility index (Phi) is 8.94. The van der Waals surface area contributed by atoms with Crippen LogP contribution in [0, 0.1) is 5.92 Å². The number of hydrogen-bond acceptors (Lipinski definition) is 2. The summed E-state index contributed by atoms with van der Waals surface area (Å²) in [4.78, 5) is 0. The summed E-state index contributed by atoms with van der Waals surface area (Å²) >= 11 is 7.03. The fourth-order valence-corrected chi connectivity index (χ4v) is 2.50. The Bertz CT molecular complexity index is 314. The second-order valence-electron chi connectivity index (χ2n) is 4.24. The van der Waals surface area contributed by atoms with Crippen LogP contribution in [0.15, 0.2) is 28.7 Å². The third kappa shape index (κ3) is 6.88. The van der Waals surface area contributed by atoms with Crippen molar-refractivity contribution in [3.63, 3.8) is 0 Å². The molecule has 0 bridgehead atoms. The van der Waals surface area contributed by atoms with E-state index >= 15 is 0 Å². The smallest absolute Gasteiger partial charge is 0.0700 e. The molecule has 1 aromatic carbocycles. The van der Waals surface area contributed by atoms with E-state index in [0.717, 1.165) is 29.3 Å². The van der Waals surface area contributed by atoms with Gasteiger partial charge in [0.1, 0.15) is 0 Å². The molecule has 0 heterocycles. The Labute approximate surface area is 126 Å². The van der Waals surface area contributed by atoms with Crippen molar-refractivity contribution in [2.75, 3.05) is 32.3 Å². The first-order valence-corrected chi connectivity index (χ1v) is 8.04. The lowest BCUT2D eigenvalue weighted by Crippen LogP contribution is -2.11. The molecule has 0 aliphatic rings. The highest BCUT2D eigenvalue weighted by atomic mass is 79.9. The molecule has 0 spiro atoms. The molecule has 0 fully saturated rings. The van der Waals surface area contributed by atoms with E-state index in [1.807, 2.05) is 0 Å². The molecule has 0 saturated carbocycles. The average Bonchev–Trinajstić information content (AvgIpc) is 2.39. The van der Waals surface area contributed by atoms with Gasteiger partial charge in [-0.3, -0.25) is 0 Å². The summed E-state index contributed by atoms with van der Waals surface area (Å²) in [5.41, 5.74) is 1.37. The average molecular weight is 380 g/mol. The second kappa shape index (κ2) is 9.96. The molecule has 1 unspecified atom stereocenters. The van der Waals surface area contributed by atoms with Crippen LogP contribution in [0.25, 0.3) is 0 Å². The summed E-state index contributed by atoms with van der Waals surface area (Å²) in [5, 5.41) is 1.01. The minimum absolute atomic E-state index is 0.619. The molecule has 0 aliphatic heterocycles. The maximum absolute atomic E-state index is 5.51. The largest absolute Gasteiger partial charge is 0.382 e. The summed E-state index contributed by atoms with van der Waals surface area (Å²) < 4.78 is 11.6. The van der Waals surface area contributed by atoms with Crippen molar-refractivity contribution in [1.82, 2.24) is 0 Å². The van der Waals surface area contributed by atoms with Gasteiger partial charge in [0.05, 0.1) is 13.2 Å². The van der Waals surface area contributed by atoms with E-state index < -0.39 is 0 Å². The second-order valence-corrected chi connectivity index (χ2v) is 5.81. The Balaban J connectivity index is 2.26. The number of alkyl halides is 1. The highest BCUT2D eigenvalue weighted by Gasteiger charge is 2.08. The normalized spacial score (nSPS) is 12.6. The molecular formula is C14H20Br2O2. The highest BCUT2D eigenvalue weighted by Crippen LogP contribution is 2.17. The third-order valence-corrected chi connectivity index (χ3v) is 4.20. The van der Waals surface area contributed by atoms with Gasteiger partial charge in [0.15, 0.2) is 0 Å². The summed E-state index contributed by atoms with van der Waals surface area (Å²) in [6.45, 7) is 2.16. The van der Waals surface area contributed by atoms with Crippen molar-refractivity contribution < 1.29 is 9.47 Å². The van der Waals surface area contributed by atoms with Gasteiger partial charge in [-0.15, -0.1) is 0 Å². The zero-order valence-corrected chi connectivity index (χ0v) is 13.9. The van der Waals surface area contributed by atoms with Crippen LogP contribution >= 0.6 is 31.9 Å². The van der Waals surface area contributed by atoms with Crippen molar-refractivity contribution >= 4 is 31.9 Å². The number of halogens is 2. The van der Waals surface area contributed by atoms with Gasteiger partial charge < -0.3 is 9.47 Å². The molecular weight excluding hydrogens is 360 g/mol. The van der Waals surface area contributed by atoms with Crippen LogP contribution in [0.4, 0.5) is 0 Å². The number of methoxy groups -OCH3 is 1. The van der Waals surface area contributed by atoms with Gasteiger partial charge in [-0.1, -0.05) is 44.0 Å². The Hall–Kier alpha value is 0.1000. The van der Waals surface area contributed by atoms with E-state index in [1.54, 1.807) is 7.11 Å². The minimum Gasteiger partial charge on any atom is -0.382 e. The molecule has 2 nitrogen and oxygen atoms in total. The first kappa shape index (κ1) is 16.2. The first-order chi connectivity index (χ1) is 8.76. The molecule has 0 aromatic heterocycles. The topological polar surface area (TPSA) is 18.5 Å². The number of hydrogen-bond donors (Lipinski definition) is 0. The maximum Gasteiger partial charge on any atom is 0.0700 e. The molecule has 1 rings (SSSR count). The summed E-state index contributed by atoms with van der Waals surface area (Å²) in [5.74, 6) is 0.619. The number of ether oxygens (including phenoxy) is 2. The van der Waals surface area contributed by atoms with Crippen molar-refractivity contribution in [2.45, 2.75) is 12.8 Å². The lowest BCUT2D eigenvalue weighted by molar-refractivity contribution is 0.0648. The van der Waals surface area contributed by atoms with Gasteiger partial charge in [0.2, 0.25) is 0 Å². The molecule has 0 saturated heterocycles. The zero-order chi connectivity index (χ0) is 13.2. The lowest BCUT2D eigenvalue weighted by Gasteiger charge is -2.14. The molecule has 4 heteroatoms. The molecule has 1 aromatic rings. The van der Waals surface area contributed by atoms with Gasteiger partial charge in [0, 0.05) is 23.5 Å². The fourth-order valence-electron chi connectivity index (χ4n) is 1.68. The number of benzene rings is 1. The van der Waals surface area contributed by atoms with Crippen LogP contribution in [0.5, 0.6) is 0 Å². The summed E-state index contributed by atoms with van der Waals surface area (Å²) in [6.07, 6.45) is 2.16. The monoisotopic (exact) mass is 378 g/mol. The summed E-state index contributed by atoms with van der Waals surface area (Å²) in [7, 11) is 1.69. The van der Waals surface area contributed by atoms with Crippen LogP contribution < -0.4 is 0 Å². The van der Waals surface area contributed by atoms with Crippen molar-refractivity contribution in [2.24, 2.45) is 5.92 Å². The molecule has 0 aliphatic carbocycles. The molecule has 0 radical (unpaired) electrons. The summed E-state index contributed by atoms with van der Waals surface area (Å²) in [6, 6.07) is 8.53. The van der Waals surface area contributed by atoms with Crippen LogP contribution in [-0.4, -0.2) is 32.3 Å². The van der Waals surface area contributed by atoms with E-state index in [9.17, 15) is 0 Å². The molecule has 1 atom stereocenters. The van der Waals surface area contributed by atoms with Crippen molar-refractivity contribution in [3.05, 3.63) is 34.3 Å².